The van der Waals surface area contributed by atoms with Gasteiger partial charge in [-0.3, -0.25) is 0 Å². The number of hydrogen-bond donors (Lipinski definition) is 9. The van der Waals surface area contributed by atoms with E-state index in [0.29, 0.717) is 96.6 Å². The van der Waals surface area contributed by atoms with Crippen LogP contribution in [0.15, 0.2) is 181 Å². The second-order valence-electron chi connectivity index (χ2n) is 37.1. The van der Waals surface area contributed by atoms with Crippen molar-refractivity contribution >= 4 is 56.6 Å². The van der Waals surface area contributed by atoms with Crippen molar-refractivity contribution in [2.24, 2.45) is 0 Å². The summed E-state index contributed by atoms with van der Waals surface area (Å²) in [6.07, 6.45) is 27.7. The molecule has 5 aromatic carbocycles. The lowest BCUT2D eigenvalue weighted by molar-refractivity contribution is 0.108. The number of nitrogens with one attached hydrogen (secondary N) is 5. The van der Waals surface area contributed by atoms with Crippen LogP contribution in [0.4, 0.5) is 23.3 Å². The number of H-pyrrole nitrogens is 1. The van der Waals surface area contributed by atoms with Gasteiger partial charge in [-0.1, -0.05) is 144 Å². The molecule has 4 aliphatic rings. The summed E-state index contributed by atoms with van der Waals surface area (Å²) >= 11 is 1.67. The molecule has 0 amide bonds. The van der Waals surface area contributed by atoms with Gasteiger partial charge in [-0.25, -0.2) is 59.5 Å². The first-order valence-electron chi connectivity index (χ1n) is 49.6. The van der Waals surface area contributed by atoms with Crippen molar-refractivity contribution in [2.75, 3.05) is 129 Å². The van der Waals surface area contributed by atoms with Crippen LogP contribution < -0.4 is 59.8 Å². The first-order valence-corrected chi connectivity index (χ1v) is 50.4. The molecule has 0 spiro atoms. The maximum Gasteiger partial charge on any atom is 0.164 e. The van der Waals surface area contributed by atoms with Gasteiger partial charge in [0.2, 0.25) is 0 Å². The van der Waals surface area contributed by atoms with E-state index in [2.05, 4.69) is 112 Å². The van der Waals surface area contributed by atoms with Gasteiger partial charge in [0.15, 0.2) is 34.9 Å². The number of benzene rings is 5. The Bertz CT molecular complexity index is 6070. The summed E-state index contributed by atoms with van der Waals surface area (Å²) < 4.78 is 31.4. The van der Waals surface area contributed by atoms with E-state index in [-0.39, 0.29) is 26.4 Å². The third-order valence-electron chi connectivity index (χ3n) is 26.3. The highest BCUT2D eigenvalue weighted by Gasteiger charge is 2.29. The van der Waals surface area contributed by atoms with Gasteiger partial charge in [0, 0.05) is 159 Å². The number of fused-ring (bicyclic) bond motifs is 2. The number of thiazole rings is 1. The first-order chi connectivity index (χ1) is 68.1. The molecule has 4 fully saturated rings. The summed E-state index contributed by atoms with van der Waals surface area (Å²) in [6.45, 7) is 10.8. The van der Waals surface area contributed by atoms with Crippen molar-refractivity contribution in [1.29, 1.82) is 0 Å². The van der Waals surface area contributed by atoms with Crippen LogP contribution in [0.2, 0.25) is 0 Å². The molecule has 18 rings (SSSR count). The highest BCUT2D eigenvalue weighted by Crippen LogP contribution is 2.40. The van der Waals surface area contributed by atoms with E-state index in [1.807, 2.05) is 191 Å². The zero-order valence-corrected chi connectivity index (χ0v) is 83.8. The standard InChI is InChI=1S/C29H34N4O3.C27H33N7O2.C26H36N6O2.C26H35N5O2S/c1-30-18-23(34)19-35-24-13-8-10-21(15-24)29-31-25(27-16-20-9-6-7-14-26(20)36-27)17-28(32-29)33(2)22-11-4-3-5-12-22;1-28-13-20(35)16-36-21-10-6-7-18(11-21)26-32-24(22-15-30-27-23(22)14-29-17-31-27)12-25(33-26)34(2)19-8-4-3-5-9-19;1-18-13-19(2)32(30-18)25-15-24(31(4)21-10-6-5-7-11-21)28-26(29-25)20-9-8-12-23(14-20)34-17-22(33)16-27-3;1-17-25(34-18(2)28-17)23-14-24(31(4)20-10-6-5-7-11-20)30-26(29-23)19-9-8-12-22(13-19)33-16-21(32)15-27-3/h6-10,13-17,22-23,30,34H,3-5,11-12,18-19H2,1-2H3;6-7,10-12,14-15,17,19-20,28,35H,3-5,8-9,13,16H2,1-2H3,(H,29,30,31);8-9,12-15,21-22,27,33H,5-7,10-11,16-17H2,1-4H3;8-9,12-14,20-21,27,32H,5-7,10-11,15-16H2,1-4H3/t;20-;;/m.1../s1. The fourth-order valence-corrected chi connectivity index (χ4v) is 19.6. The lowest BCUT2D eigenvalue weighted by Crippen LogP contribution is -2.34. The number of rotatable bonds is 36. The Morgan fingerprint density at radius 3 is 1.21 bits per heavy atom. The summed E-state index contributed by atoms with van der Waals surface area (Å²) in [4.78, 5) is 66.4. The molecular formula is C108H138N22O9S. The zero-order chi connectivity index (χ0) is 98.0. The number of ether oxygens (including phenoxy) is 4. The molecular weight excluding hydrogens is 1780 g/mol. The van der Waals surface area contributed by atoms with Gasteiger partial charge in [0.1, 0.15) is 120 Å². The maximum atomic E-state index is 10.0. The number of anilines is 4. The number of aliphatic hydroxyl groups is 4. The molecule has 9 aromatic heterocycles. The predicted octanol–water partition coefficient (Wildman–Crippen LogP) is 17.4. The Morgan fingerprint density at radius 2 is 0.814 bits per heavy atom. The third-order valence-corrected chi connectivity index (χ3v) is 27.4. The van der Waals surface area contributed by atoms with E-state index >= 15 is 0 Å². The van der Waals surface area contributed by atoms with Crippen molar-refractivity contribution in [2.45, 2.75) is 205 Å². The number of aromatic nitrogens is 14. The molecule has 9 heterocycles. The molecule has 0 saturated heterocycles. The predicted molar refractivity (Wildman–Crippen MR) is 558 cm³/mol. The third kappa shape index (κ3) is 27.4. The van der Waals surface area contributed by atoms with Gasteiger partial charge < -0.3 is 89.6 Å². The molecule has 4 saturated carbocycles. The number of likely N-dealkylation sites (N-methyl/N-ethyl adjacent to an activating group) is 4. The fourth-order valence-electron chi connectivity index (χ4n) is 18.7. The van der Waals surface area contributed by atoms with Crippen LogP contribution in [-0.2, 0) is 0 Å². The smallest absolute Gasteiger partial charge is 0.164 e. The molecule has 9 N–H and O–H groups in total. The molecule has 4 aliphatic carbocycles. The zero-order valence-electron chi connectivity index (χ0n) is 83.0. The van der Waals surface area contributed by atoms with Crippen molar-refractivity contribution in [3.05, 3.63) is 199 Å². The highest BCUT2D eigenvalue weighted by atomic mass is 32.1. The average Bonchev–Trinajstić information content (AvgIpc) is 1.30. The number of aliphatic hydroxyl groups excluding tert-OH is 4. The number of nitrogens with zero attached hydrogens (tertiary/aromatic N) is 17. The number of furan rings is 1. The Balaban J connectivity index is 0.000000141. The molecule has 32 heteroatoms. The summed E-state index contributed by atoms with van der Waals surface area (Å²) in [7, 11) is 15.8. The Labute approximate surface area is 825 Å². The lowest BCUT2D eigenvalue weighted by Gasteiger charge is -2.32. The van der Waals surface area contributed by atoms with E-state index in [1.165, 1.54) is 135 Å². The summed E-state index contributed by atoms with van der Waals surface area (Å²) in [5.74, 6) is 10.3. The SMILES string of the molecule is CNCC(O)COc1cccc(-c2nc(-c3cc4ccccc4o3)cc(N(C)C3CCCCC3)n2)c1.CNCC(O)COc1cccc(-c2nc(-c3sc(C)nc3C)cc(N(C)C3CCCCC3)n2)c1.CNCC(O)COc1cccc(-c2nc(N(C)C3CCCCC3)cc(-n3nc(C)cc3C)n2)c1.CNC[C@@H](O)COc1cccc(-c2nc(-c3c[nH]c4ncncc34)cc(N(C)C3CCCCC3)n2)c1. The van der Waals surface area contributed by atoms with E-state index in [4.69, 9.17) is 63.2 Å². The molecule has 3 unspecified atom stereocenters. The minimum atomic E-state index is -0.585. The quantitative estimate of drug-likeness (QED) is 0.0176. The van der Waals surface area contributed by atoms with Crippen LogP contribution in [0.1, 0.15) is 151 Å². The number of hydrogen-bond acceptors (Lipinski definition) is 30. The fraction of sp³-hybridized carbons (Fsp3) is 0.444. The molecule has 0 aliphatic heterocycles. The van der Waals surface area contributed by atoms with Crippen LogP contribution in [0.5, 0.6) is 23.0 Å². The molecule has 140 heavy (non-hydrogen) atoms. The van der Waals surface area contributed by atoms with Crippen LogP contribution in [-0.4, -0.2) is 248 Å². The van der Waals surface area contributed by atoms with Gasteiger partial charge in [0.05, 0.1) is 32.7 Å². The molecule has 14 aromatic rings. The van der Waals surface area contributed by atoms with E-state index < -0.39 is 24.4 Å². The van der Waals surface area contributed by atoms with Gasteiger partial charge in [-0.05, 0) is 174 Å². The minimum absolute atomic E-state index is 0.205. The second kappa shape index (κ2) is 50.1. The van der Waals surface area contributed by atoms with Crippen LogP contribution in [0, 0.1) is 27.7 Å². The van der Waals surface area contributed by atoms with Crippen molar-refractivity contribution < 1.29 is 43.8 Å². The maximum absolute atomic E-state index is 10.0. The summed E-state index contributed by atoms with van der Waals surface area (Å²) in [5, 5.41) is 59.5. The van der Waals surface area contributed by atoms with Gasteiger partial charge >= 0.3 is 0 Å². The highest BCUT2D eigenvalue weighted by molar-refractivity contribution is 7.15. The van der Waals surface area contributed by atoms with Gasteiger partial charge in [-0.15, -0.1) is 11.3 Å². The summed E-state index contributed by atoms with van der Waals surface area (Å²) in [6, 6.07) is 53.2. The molecule has 740 valence electrons. The van der Waals surface area contributed by atoms with Crippen molar-refractivity contribution in [1.82, 2.24) is 90.9 Å². The first kappa shape index (κ1) is 102. The molecule has 4 atom stereocenters. The Hall–Kier alpha value is -12.5. The minimum Gasteiger partial charge on any atom is -0.491 e. The number of aromatic amines is 1. The monoisotopic (exact) mass is 1920 g/mol. The van der Waals surface area contributed by atoms with Crippen LogP contribution in [0.25, 0.3) is 107 Å². The van der Waals surface area contributed by atoms with Crippen molar-refractivity contribution in [3.63, 3.8) is 0 Å². The molecule has 31 nitrogen and oxygen atoms in total. The van der Waals surface area contributed by atoms with Crippen LogP contribution >= 0.6 is 11.3 Å². The van der Waals surface area contributed by atoms with Crippen LogP contribution in [0.3, 0.4) is 0 Å². The number of para-hydroxylation sites is 1. The molecule has 0 radical (unpaired) electrons. The topological polar surface area (TPSA) is 367 Å². The Kier molecular flexibility index (Phi) is 36.4. The second-order valence-corrected chi connectivity index (χ2v) is 38.4. The van der Waals surface area contributed by atoms with Gasteiger partial charge in [0.25, 0.3) is 0 Å². The largest absolute Gasteiger partial charge is 0.491 e. The lowest BCUT2D eigenvalue weighted by atomic mass is 9.94. The summed E-state index contributed by atoms with van der Waals surface area (Å²) in [5.41, 5.74) is 11.5. The average molecular weight is 1920 g/mol. The van der Waals surface area contributed by atoms with E-state index in [0.717, 1.165) is 129 Å². The molecule has 0 bridgehead atoms. The normalized spacial score (nSPS) is 15.3. The Morgan fingerprint density at radius 1 is 0.429 bits per heavy atom. The van der Waals surface area contributed by atoms with Crippen molar-refractivity contribution in [3.8, 4) is 108 Å². The van der Waals surface area contributed by atoms with Gasteiger partial charge in [-0.2, -0.15) is 5.10 Å². The van der Waals surface area contributed by atoms with E-state index in [1.54, 1.807) is 32.5 Å². The number of aryl methyl sites for hydroxylation is 4. The van der Waals surface area contributed by atoms with E-state index in [9.17, 15) is 20.4 Å².